The average molecular weight is 259 g/mol. The fourth-order valence-electron chi connectivity index (χ4n) is 0.600. The van der Waals surface area contributed by atoms with Crippen LogP contribution >= 0.6 is 39.1 Å². The zero-order valence-electron chi connectivity index (χ0n) is 5.24. The molecule has 5 heteroatoms. The highest BCUT2D eigenvalue weighted by Crippen LogP contribution is 2.24. The summed E-state index contributed by atoms with van der Waals surface area (Å²) in [6.07, 6.45) is 1.42. The van der Waals surface area contributed by atoms with E-state index >= 15 is 0 Å². The SMILES string of the molecule is Fc1c(Cl)ncc(Br)c1CCl. The maximum absolute atomic E-state index is 13.0. The Morgan fingerprint density at radius 1 is 1.64 bits per heavy atom. The van der Waals surface area contributed by atoms with Crippen LogP contribution in [0.3, 0.4) is 0 Å². The van der Waals surface area contributed by atoms with Gasteiger partial charge in [0.05, 0.1) is 5.88 Å². The van der Waals surface area contributed by atoms with E-state index in [9.17, 15) is 4.39 Å². The third-order valence-corrected chi connectivity index (χ3v) is 2.37. The molecule has 0 saturated carbocycles. The molecule has 0 spiro atoms. The van der Waals surface area contributed by atoms with E-state index in [1.807, 2.05) is 0 Å². The van der Waals surface area contributed by atoms with E-state index in [-0.39, 0.29) is 11.0 Å². The fraction of sp³-hybridized carbons (Fsp3) is 0.167. The minimum absolute atomic E-state index is 0.0780. The van der Waals surface area contributed by atoms with Crippen molar-refractivity contribution in [3.8, 4) is 0 Å². The standard InChI is InChI=1S/C6H3BrCl2FN/c7-4-2-11-6(9)5(10)3(4)1-8/h2H,1H2. The number of pyridine rings is 1. The van der Waals surface area contributed by atoms with Crippen LogP contribution in [0.2, 0.25) is 5.15 Å². The Bertz CT molecular complexity index is 280. The van der Waals surface area contributed by atoms with Crippen molar-refractivity contribution >= 4 is 39.1 Å². The Balaban J connectivity index is 3.29. The molecular formula is C6H3BrCl2FN. The molecule has 0 aliphatic carbocycles. The maximum Gasteiger partial charge on any atom is 0.165 e. The van der Waals surface area contributed by atoms with Crippen LogP contribution < -0.4 is 0 Å². The van der Waals surface area contributed by atoms with Crippen molar-refractivity contribution in [3.63, 3.8) is 0 Å². The monoisotopic (exact) mass is 257 g/mol. The Hall–Kier alpha value is 0.140. The van der Waals surface area contributed by atoms with Crippen LogP contribution in [0.4, 0.5) is 4.39 Å². The number of rotatable bonds is 1. The van der Waals surface area contributed by atoms with E-state index in [1.165, 1.54) is 6.20 Å². The van der Waals surface area contributed by atoms with Crippen LogP contribution in [0.15, 0.2) is 10.7 Å². The van der Waals surface area contributed by atoms with Gasteiger partial charge in [-0.2, -0.15) is 0 Å². The number of hydrogen-bond donors (Lipinski definition) is 0. The molecule has 0 saturated heterocycles. The first kappa shape index (κ1) is 9.23. The number of nitrogens with zero attached hydrogens (tertiary/aromatic N) is 1. The van der Waals surface area contributed by atoms with Gasteiger partial charge >= 0.3 is 0 Å². The molecule has 1 heterocycles. The van der Waals surface area contributed by atoms with Gasteiger partial charge in [-0.05, 0) is 15.9 Å². The third-order valence-electron chi connectivity index (χ3n) is 1.16. The zero-order valence-corrected chi connectivity index (χ0v) is 8.34. The summed E-state index contributed by atoms with van der Waals surface area (Å²) in [5.74, 6) is -0.481. The molecule has 60 valence electrons. The number of halogens is 4. The predicted molar refractivity (Wildman–Crippen MR) is 46.5 cm³/mol. The predicted octanol–water partition coefficient (Wildman–Crippen LogP) is 3.38. The van der Waals surface area contributed by atoms with E-state index in [0.29, 0.717) is 10.0 Å². The fourth-order valence-corrected chi connectivity index (χ4v) is 1.60. The topological polar surface area (TPSA) is 12.9 Å². The lowest BCUT2D eigenvalue weighted by Gasteiger charge is -2.01. The molecule has 0 aromatic carbocycles. The molecule has 0 atom stereocenters. The summed E-state index contributed by atoms with van der Waals surface area (Å²) in [7, 11) is 0. The molecule has 11 heavy (non-hydrogen) atoms. The summed E-state index contributed by atoms with van der Waals surface area (Å²) < 4.78 is 13.5. The number of alkyl halides is 1. The Morgan fingerprint density at radius 3 is 2.73 bits per heavy atom. The molecule has 0 aliphatic rings. The lowest BCUT2D eigenvalue weighted by atomic mass is 10.3. The first-order valence-corrected chi connectivity index (χ1v) is 4.41. The summed E-state index contributed by atoms with van der Waals surface area (Å²) in [5, 5.41) is -0.149. The Kier molecular flexibility index (Phi) is 3.10. The van der Waals surface area contributed by atoms with E-state index in [0.717, 1.165) is 0 Å². The van der Waals surface area contributed by atoms with Crippen molar-refractivity contribution in [3.05, 3.63) is 27.2 Å². The van der Waals surface area contributed by atoms with Crippen LogP contribution in [0.5, 0.6) is 0 Å². The van der Waals surface area contributed by atoms with Crippen molar-refractivity contribution < 1.29 is 4.39 Å². The molecule has 1 rings (SSSR count). The summed E-state index contributed by atoms with van der Waals surface area (Å²) >= 11 is 13.9. The third kappa shape index (κ3) is 1.83. The Morgan fingerprint density at radius 2 is 2.27 bits per heavy atom. The van der Waals surface area contributed by atoms with Gasteiger partial charge in [0, 0.05) is 16.2 Å². The molecule has 1 aromatic rings. The zero-order chi connectivity index (χ0) is 8.43. The van der Waals surface area contributed by atoms with Gasteiger partial charge in [0.15, 0.2) is 11.0 Å². The van der Waals surface area contributed by atoms with E-state index in [1.54, 1.807) is 0 Å². The normalized spacial score (nSPS) is 10.2. The minimum atomic E-state index is -0.559. The first-order valence-electron chi connectivity index (χ1n) is 2.71. The van der Waals surface area contributed by atoms with Gasteiger partial charge in [0.25, 0.3) is 0 Å². The molecule has 0 unspecified atom stereocenters. The van der Waals surface area contributed by atoms with E-state index in [4.69, 9.17) is 23.2 Å². The second kappa shape index (κ2) is 3.70. The summed E-state index contributed by atoms with van der Waals surface area (Å²) in [6, 6.07) is 0. The highest BCUT2D eigenvalue weighted by molar-refractivity contribution is 9.10. The van der Waals surface area contributed by atoms with E-state index < -0.39 is 5.82 Å². The van der Waals surface area contributed by atoms with Gasteiger partial charge in [-0.15, -0.1) is 11.6 Å². The molecule has 0 aliphatic heterocycles. The minimum Gasteiger partial charge on any atom is -0.240 e. The highest BCUT2D eigenvalue weighted by Gasteiger charge is 2.10. The molecule has 1 nitrogen and oxygen atoms in total. The van der Waals surface area contributed by atoms with Gasteiger partial charge in [-0.1, -0.05) is 11.6 Å². The van der Waals surface area contributed by atoms with Crippen LogP contribution in [0.1, 0.15) is 5.56 Å². The van der Waals surface area contributed by atoms with Crippen LogP contribution in [-0.2, 0) is 5.88 Å². The lowest BCUT2D eigenvalue weighted by Crippen LogP contribution is -1.91. The quantitative estimate of drug-likeness (QED) is 0.556. The summed E-state index contributed by atoms with van der Waals surface area (Å²) in [6.45, 7) is 0. The van der Waals surface area contributed by atoms with Crippen LogP contribution in [-0.4, -0.2) is 4.98 Å². The second-order valence-corrected chi connectivity index (χ2v) is 3.30. The largest absolute Gasteiger partial charge is 0.240 e. The second-order valence-electron chi connectivity index (χ2n) is 1.82. The molecule has 1 aromatic heterocycles. The van der Waals surface area contributed by atoms with Crippen LogP contribution in [0, 0.1) is 5.82 Å². The van der Waals surface area contributed by atoms with Crippen molar-refractivity contribution in [2.45, 2.75) is 5.88 Å². The van der Waals surface area contributed by atoms with E-state index in [2.05, 4.69) is 20.9 Å². The average Bonchev–Trinajstić information content (AvgIpc) is 1.99. The molecule has 0 fully saturated rings. The molecule has 0 bridgehead atoms. The van der Waals surface area contributed by atoms with Gasteiger partial charge in [0.1, 0.15) is 0 Å². The van der Waals surface area contributed by atoms with Crippen molar-refractivity contribution in [2.24, 2.45) is 0 Å². The van der Waals surface area contributed by atoms with Gasteiger partial charge in [0.2, 0.25) is 0 Å². The maximum atomic E-state index is 13.0. The lowest BCUT2D eigenvalue weighted by molar-refractivity contribution is 0.609. The number of aromatic nitrogens is 1. The van der Waals surface area contributed by atoms with Crippen molar-refractivity contribution in [1.82, 2.24) is 4.98 Å². The molecular weight excluding hydrogens is 256 g/mol. The Labute approximate surface area is 81.7 Å². The van der Waals surface area contributed by atoms with Crippen LogP contribution in [0.25, 0.3) is 0 Å². The summed E-state index contributed by atoms with van der Waals surface area (Å²) in [5.41, 5.74) is 0.340. The highest BCUT2D eigenvalue weighted by atomic mass is 79.9. The molecule has 0 radical (unpaired) electrons. The first-order chi connectivity index (χ1) is 5.16. The van der Waals surface area contributed by atoms with Gasteiger partial charge in [-0.3, -0.25) is 0 Å². The van der Waals surface area contributed by atoms with Crippen molar-refractivity contribution in [1.29, 1.82) is 0 Å². The summed E-state index contributed by atoms with van der Waals surface area (Å²) in [4.78, 5) is 3.57. The van der Waals surface area contributed by atoms with Crippen molar-refractivity contribution in [2.75, 3.05) is 0 Å². The smallest absolute Gasteiger partial charge is 0.165 e. The van der Waals surface area contributed by atoms with Gasteiger partial charge < -0.3 is 0 Å². The number of hydrogen-bond acceptors (Lipinski definition) is 1. The molecule has 0 amide bonds. The molecule has 0 N–H and O–H groups in total. The van der Waals surface area contributed by atoms with Gasteiger partial charge in [-0.25, -0.2) is 9.37 Å².